The highest BCUT2D eigenvalue weighted by molar-refractivity contribution is 5.81. The van der Waals surface area contributed by atoms with Crippen LogP contribution >= 0.6 is 0 Å². The quantitative estimate of drug-likeness (QED) is 0.367. The fourth-order valence-electron chi connectivity index (χ4n) is 4.45. The third-order valence-corrected chi connectivity index (χ3v) is 6.03. The van der Waals surface area contributed by atoms with E-state index < -0.39 is 0 Å². The SMILES string of the molecule is CN=C(NCCCC1CCCCC1)NCCCN1CCCC1C(=O)N(C)C. The van der Waals surface area contributed by atoms with Crippen LogP contribution in [0.3, 0.4) is 0 Å². The summed E-state index contributed by atoms with van der Waals surface area (Å²) in [6, 6.07) is 0.0808. The summed E-state index contributed by atoms with van der Waals surface area (Å²) >= 11 is 0. The van der Waals surface area contributed by atoms with Gasteiger partial charge in [0.15, 0.2) is 5.96 Å². The lowest BCUT2D eigenvalue weighted by Crippen LogP contribution is -2.44. The third kappa shape index (κ3) is 7.68. The molecule has 2 fully saturated rings. The monoisotopic (exact) mass is 379 g/mol. The van der Waals surface area contributed by atoms with Crippen molar-refractivity contribution >= 4 is 11.9 Å². The number of hydrogen-bond donors (Lipinski definition) is 2. The van der Waals surface area contributed by atoms with Crippen molar-refractivity contribution in [3.8, 4) is 0 Å². The maximum absolute atomic E-state index is 12.2. The highest BCUT2D eigenvalue weighted by Crippen LogP contribution is 2.26. The van der Waals surface area contributed by atoms with Crippen LogP contribution in [0.2, 0.25) is 0 Å². The Morgan fingerprint density at radius 1 is 1.04 bits per heavy atom. The molecule has 0 radical (unpaired) electrons. The van der Waals surface area contributed by atoms with Crippen molar-refractivity contribution in [1.29, 1.82) is 0 Å². The van der Waals surface area contributed by atoms with Crippen LogP contribution in [-0.2, 0) is 4.79 Å². The number of amides is 1. The minimum absolute atomic E-state index is 0.0808. The number of carbonyl (C=O) groups excluding carboxylic acids is 1. The standard InChI is InChI=1S/C21H41N5O/c1-22-21(23-14-7-12-18-10-5-4-6-11-18)24-15-9-17-26-16-8-13-19(26)20(27)25(2)3/h18-19H,4-17H2,1-3H3,(H2,22,23,24). The van der Waals surface area contributed by atoms with Crippen molar-refractivity contribution in [1.82, 2.24) is 20.4 Å². The van der Waals surface area contributed by atoms with Crippen molar-refractivity contribution in [2.75, 3.05) is 47.3 Å². The van der Waals surface area contributed by atoms with Crippen LogP contribution in [0.25, 0.3) is 0 Å². The van der Waals surface area contributed by atoms with Crippen LogP contribution in [0.1, 0.15) is 64.2 Å². The summed E-state index contributed by atoms with van der Waals surface area (Å²) in [5, 5.41) is 6.86. The number of guanidine groups is 1. The molecule has 6 nitrogen and oxygen atoms in total. The Bertz CT molecular complexity index is 459. The van der Waals surface area contributed by atoms with E-state index >= 15 is 0 Å². The number of likely N-dealkylation sites (tertiary alicyclic amines) is 1. The van der Waals surface area contributed by atoms with E-state index in [2.05, 4.69) is 20.5 Å². The van der Waals surface area contributed by atoms with E-state index in [1.807, 2.05) is 21.1 Å². The largest absolute Gasteiger partial charge is 0.356 e. The lowest BCUT2D eigenvalue weighted by molar-refractivity contribution is -0.133. The number of nitrogens with zero attached hydrogens (tertiary/aromatic N) is 3. The topological polar surface area (TPSA) is 60.0 Å². The first kappa shape index (κ1) is 22.0. The van der Waals surface area contributed by atoms with E-state index in [1.54, 1.807) is 4.90 Å². The average molecular weight is 380 g/mol. The van der Waals surface area contributed by atoms with Crippen molar-refractivity contribution in [3.63, 3.8) is 0 Å². The molecule has 1 saturated heterocycles. The lowest BCUT2D eigenvalue weighted by Gasteiger charge is -2.26. The first-order valence-corrected chi connectivity index (χ1v) is 11.0. The molecule has 2 N–H and O–H groups in total. The number of aliphatic imine (C=N–C) groups is 1. The fourth-order valence-corrected chi connectivity index (χ4v) is 4.45. The number of carbonyl (C=O) groups is 1. The molecule has 1 aliphatic carbocycles. The lowest BCUT2D eigenvalue weighted by atomic mass is 9.86. The Kier molecular flexibility index (Phi) is 9.95. The fraction of sp³-hybridized carbons (Fsp3) is 0.905. The average Bonchev–Trinajstić information content (AvgIpc) is 3.15. The molecule has 0 bridgehead atoms. The van der Waals surface area contributed by atoms with E-state index in [0.717, 1.165) is 57.3 Å². The van der Waals surface area contributed by atoms with Gasteiger partial charge in [0.1, 0.15) is 0 Å². The number of hydrogen-bond acceptors (Lipinski definition) is 3. The molecule has 1 atom stereocenters. The predicted octanol–water partition coefficient (Wildman–Crippen LogP) is 2.45. The van der Waals surface area contributed by atoms with Crippen molar-refractivity contribution < 1.29 is 4.79 Å². The number of nitrogens with one attached hydrogen (secondary N) is 2. The van der Waals surface area contributed by atoms with Crippen LogP contribution in [0.4, 0.5) is 0 Å². The van der Waals surface area contributed by atoms with Gasteiger partial charge >= 0.3 is 0 Å². The second-order valence-corrected chi connectivity index (χ2v) is 8.35. The maximum atomic E-state index is 12.2. The zero-order valence-electron chi connectivity index (χ0n) is 17.8. The predicted molar refractivity (Wildman–Crippen MR) is 113 cm³/mol. The summed E-state index contributed by atoms with van der Waals surface area (Å²) in [4.78, 5) is 20.6. The second-order valence-electron chi connectivity index (χ2n) is 8.35. The normalized spacial score (nSPS) is 22.0. The first-order chi connectivity index (χ1) is 13.1. The maximum Gasteiger partial charge on any atom is 0.239 e. The van der Waals surface area contributed by atoms with E-state index in [4.69, 9.17) is 0 Å². The zero-order valence-corrected chi connectivity index (χ0v) is 17.8. The van der Waals surface area contributed by atoms with E-state index in [1.165, 1.54) is 44.9 Å². The van der Waals surface area contributed by atoms with Crippen molar-refractivity contribution in [2.24, 2.45) is 10.9 Å². The summed E-state index contributed by atoms with van der Waals surface area (Å²) in [5.74, 6) is 2.10. The van der Waals surface area contributed by atoms with Gasteiger partial charge in [-0.05, 0) is 44.6 Å². The van der Waals surface area contributed by atoms with Gasteiger partial charge in [-0.1, -0.05) is 32.1 Å². The third-order valence-electron chi connectivity index (χ3n) is 6.03. The molecule has 6 heteroatoms. The molecule has 1 heterocycles. The minimum Gasteiger partial charge on any atom is -0.356 e. The molecule has 1 saturated carbocycles. The van der Waals surface area contributed by atoms with Crippen LogP contribution < -0.4 is 10.6 Å². The van der Waals surface area contributed by atoms with E-state index in [0.29, 0.717) is 0 Å². The summed E-state index contributed by atoms with van der Waals surface area (Å²) in [6.07, 6.45) is 12.9. The zero-order chi connectivity index (χ0) is 19.5. The molecule has 1 aliphatic heterocycles. The van der Waals surface area contributed by atoms with Crippen LogP contribution in [-0.4, -0.2) is 75.0 Å². The van der Waals surface area contributed by atoms with Crippen LogP contribution in [0.15, 0.2) is 4.99 Å². The van der Waals surface area contributed by atoms with Crippen LogP contribution in [0, 0.1) is 5.92 Å². The summed E-state index contributed by atoms with van der Waals surface area (Å²) < 4.78 is 0. The van der Waals surface area contributed by atoms with Gasteiger partial charge < -0.3 is 15.5 Å². The molecular weight excluding hydrogens is 338 g/mol. The Labute approximate surface area is 166 Å². The summed E-state index contributed by atoms with van der Waals surface area (Å²) in [5.41, 5.74) is 0. The minimum atomic E-state index is 0.0808. The molecule has 156 valence electrons. The van der Waals surface area contributed by atoms with Crippen molar-refractivity contribution in [3.05, 3.63) is 0 Å². The highest BCUT2D eigenvalue weighted by atomic mass is 16.2. The molecule has 0 aromatic heterocycles. The Balaban J connectivity index is 1.55. The van der Waals surface area contributed by atoms with Crippen molar-refractivity contribution in [2.45, 2.75) is 70.3 Å². The molecule has 0 spiro atoms. The van der Waals surface area contributed by atoms with Gasteiger partial charge in [-0.2, -0.15) is 0 Å². The smallest absolute Gasteiger partial charge is 0.239 e. The number of rotatable bonds is 9. The molecule has 0 aromatic rings. The summed E-state index contributed by atoms with van der Waals surface area (Å²) in [7, 11) is 5.54. The highest BCUT2D eigenvalue weighted by Gasteiger charge is 2.30. The summed E-state index contributed by atoms with van der Waals surface area (Å²) in [6.45, 7) is 3.90. The van der Waals surface area contributed by atoms with Gasteiger partial charge in [0, 0.05) is 40.8 Å². The molecule has 0 aromatic carbocycles. The van der Waals surface area contributed by atoms with E-state index in [9.17, 15) is 4.79 Å². The van der Waals surface area contributed by atoms with Gasteiger partial charge in [0.2, 0.25) is 5.91 Å². The van der Waals surface area contributed by atoms with Gasteiger partial charge in [0.25, 0.3) is 0 Å². The van der Waals surface area contributed by atoms with Crippen LogP contribution in [0.5, 0.6) is 0 Å². The second kappa shape index (κ2) is 12.2. The van der Waals surface area contributed by atoms with Gasteiger partial charge in [-0.25, -0.2) is 0 Å². The molecule has 27 heavy (non-hydrogen) atoms. The molecule has 2 rings (SSSR count). The molecule has 1 amide bonds. The Hall–Kier alpha value is -1.30. The molecule has 1 unspecified atom stereocenters. The number of likely N-dealkylation sites (N-methyl/N-ethyl adjacent to an activating group) is 1. The van der Waals surface area contributed by atoms with Gasteiger partial charge in [0.05, 0.1) is 6.04 Å². The Morgan fingerprint density at radius 2 is 1.74 bits per heavy atom. The Morgan fingerprint density at radius 3 is 2.41 bits per heavy atom. The van der Waals surface area contributed by atoms with Gasteiger partial charge in [-0.3, -0.25) is 14.7 Å². The van der Waals surface area contributed by atoms with E-state index in [-0.39, 0.29) is 11.9 Å². The first-order valence-electron chi connectivity index (χ1n) is 11.0. The van der Waals surface area contributed by atoms with Gasteiger partial charge in [-0.15, -0.1) is 0 Å². The molecular formula is C21H41N5O. The molecule has 2 aliphatic rings.